The molecule has 0 saturated heterocycles. The van der Waals surface area contributed by atoms with Crippen molar-refractivity contribution in [2.45, 2.75) is 20.4 Å². The van der Waals surface area contributed by atoms with E-state index in [1.807, 2.05) is 31.2 Å². The highest BCUT2D eigenvalue weighted by molar-refractivity contribution is 5.96. The van der Waals surface area contributed by atoms with Crippen molar-refractivity contribution in [3.05, 3.63) is 83.3 Å². The SMILES string of the molecule is CCOC(=O)c1ccccc1Nc1cnc(C(=O)NCc2cccc(C)c2)cn1. The second kappa shape index (κ2) is 9.45. The third-order valence-electron chi connectivity index (χ3n) is 4.11. The molecule has 0 spiro atoms. The average molecular weight is 390 g/mol. The topological polar surface area (TPSA) is 93.2 Å². The van der Waals surface area contributed by atoms with Gasteiger partial charge in [-0.05, 0) is 31.5 Å². The van der Waals surface area contributed by atoms with Crippen LogP contribution in [0.3, 0.4) is 0 Å². The molecular weight excluding hydrogens is 368 g/mol. The lowest BCUT2D eigenvalue weighted by molar-refractivity contribution is 0.0527. The van der Waals surface area contributed by atoms with Gasteiger partial charge in [-0.1, -0.05) is 42.0 Å². The van der Waals surface area contributed by atoms with Crippen LogP contribution < -0.4 is 10.6 Å². The fourth-order valence-electron chi connectivity index (χ4n) is 2.72. The molecule has 7 nitrogen and oxygen atoms in total. The number of benzene rings is 2. The van der Waals surface area contributed by atoms with Crippen molar-refractivity contribution >= 4 is 23.4 Å². The number of rotatable bonds is 7. The number of ether oxygens (including phenoxy) is 1. The summed E-state index contributed by atoms with van der Waals surface area (Å²) in [5.74, 6) is -0.315. The number of carbonyl (C=O) groups excluding carboxylic acids is 2. The first-order valence-corrected chi connectivity index (χ1v) is 9.25. The number of amides is 1. The minimum atomic E-state index is -0.421. The van der Waals surface area contributed by atoms with Gasteiger partial charge in [-0.15, -0.1) is 0 Å². The van der Waals surface area contributed by atoms with Crippen LogP contribution in [0.2, 0.25) is 0 Å². The summed E-state index contributed by atoms with van der Waals surface area (Å²) in [6, 6.07) is 14.9. The number of hydrogen-bond acceptors (Lipinski definition) is 6. The Labute approximate surface area is 169 Å². The fraction of sp³-hybridized carbons (Fsp3) is 0.182. The summed E-state index contributed by atoms with van der Waals surface area (Å²) in [5, 5.41) is 5.86. The van der Waals surface area contributed by atoms with E-state index in [0.717, 1.165) is 11.1 Å². The lowest BCUT2D eigenvalue weighted by Gasteiger charge is -2.11. The molecular formula is C22H22N4O3. The van der Waals surface area contributed by atoms with Crippen molar-refractivity contribution in [2.24, 2.45) is 0 Å². The largest absolute Gasteiger partial charge is 0.462 e. The van der Waals surface area contributed by atoms with E-state index in [1.54, 1.807) is 31.2 Å². The highest BCUT2D eigenvalue weighted by atomic mass is 16.5. The fourth-order valence-corrected chi connectivity index (χ4v) is 2.72. The normalized spacial score (nSPS) is 10.3. The average Bonchev–Trinajstić information content (AvgIpc) is 2.73. The molecule has 29 heavy (non-hydrogen) atoms. The van der Waals surface area contributed by atoms with Crippen LogP contribution in [0, 0.1) is 6.92 Å². The minimum Gasteiger partial charge on any atom is -0.462 e. The van der Waals surface area contributed by atoms with Crippen LogP contribution >= 0.6 is 0 Å². The highest BCUT2D eigenvalue weighted by Gasteiger charge is 2.13. The first-order valence-electron chi connectivity index (χ1n) is 9.25. The Hall–Kier alpha value is -3.74. The van der Waals surface area contributed by atoms with Gasteiger partial charge in [-0.3, -0.25) is 4.79 Å². The molecule has 0 unspecified atom stereocenters. The van der Waals surface area contributed by atoms with Gasteiger partial charge in [0.05, 0.1) is 30.3 Å². The van der Waals surface area contributed by atoms with Gasteiger partial charge in [-0.25, -0.2) is 14.8 Å². The molecule has 148 valence electrons. The van der Waals surface area contributed by atoms with Crippen molar-refractivity contribution < 1.29 is 14.3 Å². The van der Waals surface area contributed by atoms with Crippen LogP contribution in [-0.4, -0.2) is 28.5 Å². The van der Waals surface area contributed by atoms with Gasteiger partial charge in [0.2, 0.25) is 0 Å². The van der Waals surface area contributed by atoms with Gasteiger partial charge in [0, 0.05) is 6.54 Å². The predicted octanol–water partition coefficient (Wildman–Crippen LogP) is 3.64. The number of para-hydroxylation sites is 1. The molecule has 1 heterocycles. The molecule has 3 aromatic rings. The molecule has 2 N–H and O–H groups in total. The Morgan fingerprint density at radius 3 is 2.59 bits per heavy atom. The molecule has 0 fully saturated rings. The number of nitrogens with one attached hydrogen (secondary N) is 2. The molecule has 0 atom stereocenters. The first-order chi connectivity index (χ1) is 14.1. The summed E-state index contributed by atoms with van der Waals surface area (Å²) in [6.07, 6.45) is 2.84. The molecule has 7 heteroatoms. The van der Waals surface area contributed by atoms with Gasteiger partial charge >= 0.3 is 5.97 Å². The molecule has 0 aliphatic rings. The Morgan fingerprint density at radius 2 is 1.86 bits per heavy atom. The van der Waals surface area contributed by atoms with Crippen molar-refractivity contribution in [3.63, 3.8) is 0 Å². The van der Waals surface area contributed by atoms with Crippen LogP contribution in [0.5, 0.6) is 0 Å². The van der Waals surface area contributed by atoms with Crippen molar-refractivity contribution in [1.82, 2.24) is 15.3 Å². The zero-order chi connectivity index (χ0) is 20.6. The predicted molar refractivity (Wildman–Crippen MR) is 110 cm³/mol. The van der Waals surface area contributed by atoms with Gasteiger partial charge < -0.3 is 15.4 Å². The molecule has 0 aliphatic carbocycles. The van der Waals surface area contributed by atoms with E-state index in [0.29, 0.717) is 30.2 Å². The van der Waals surface area contributed by atoms with E-state index < -0.39 is 5.97 Å². The summed E-state index contributed by atoms with van der Waals surface area (Å²) < 4.78 is 5.06. The third kappa shape index (κ3) is 5.38. The maximum absolute atomic E-state index is 12.3. The minimum absolute atomic E-state index is 0.210. The highest BCUT2D eigenvalue weighted by Crippen LogP contribution is 2.20. The van der Waals surface area contributed by atoms with Crippen molar-refractivity contribution in [3.8, 4) is 0 Å². The van der Waals surface area contributed by atoms with Crippen molar-refractivity contribution in [2.75, 3.05) is 11.9 Å². The van der Waals surface area contributed by atoms with E-state index in [9.17, 15) is 9.59 Å². The van der Waals surface area contributed by atoms with Gasteiger partial charge in [0.1, 0.15) is 11.5 Å². The molecule has 1 amide bonds. The maximum Gasteiger partial charge on any atom is 0.340 e. The summed E-state index contributed by atoms with van der Waals surface area (Å²) in [5.41, 5.74) is 3.31. The lowest BCUT2D eigenvalue weighted by atomic mass is 10.1. The number of aryl methyl sites for hydroxylation is 1. The van der Waals surface area contributed by atoms with Crippen LogP contribution in [0.4, 0.5) is 11.5 Å². The summed E-state index contributed by atoms with van der Waals surface area (Å²) in [4.78, 5) is 32.7. The second-order valence-electron chi connectivity index (χ2n) is 6.35. The Bertz CT molecular complexity index is 1000. The van der Waals surface area contributed by atoms with Crippen LogP contribution in [0.1, 0.15) is 38.9 Å². The number of hydrogen-bond donors (Lipinski definition) is 2. The van der Waals surface area contributed by atoms with Crippen LogP contribution in [0.25, 0.3) is 0 Å². The summed E-state index contributed by atoms with van der Waals surface area (Å²) in [7, 11) is 0. The van der Waals surface area contributed by atoms with Crippen LogP contribution in [0.15, 0.2) is 60.9 Å². The van der Waals surface area contributed by atoms with E-state index in [4.69, 9.17) is 4.74 Å². The zero-order valence-corrected chi connectivity index (χ0v) is 16.3. The molecule has 0 saturated carbocycles. The molecule has 0 aliphatic heterocycles. The molecule has 1 aromatic heterocycles. The van der Waals surface area contributed by atoms with E-state index in [1.165, 1.54) is 12.4 Å². The molecule has 2 aromatic carbocycles. The van der Waals surface area contributed by atoms with Gasteiger partial charge in [0.25, 0.3) is 5.91 Å². The standard InChI is InChI=1S/C22H22N4O3/c1-3-29-22(28)17-9-4-5-10-18(17)26-20-14-23-19(13-24-20)21(27)25-12-16-8-6-7-15(2)11-16/h4-11,13-14H,3,12H2,1-2H3,(H,24,26)(H,25,27). The molecule has 0 bridgehead atoms. The summed E-state index contributed by atoms with van der Waals surface area (Å²) >= 11 is 0. The third-order valence-corrected chi connectivity index (χ3v) is 4.11. The Kier molecular flexibility index (Phi) is 6.52. The van der Waals surface area contributed by atoms with Crippen molar-refractivity contribution in [1.29, 1.82) is 0 Å². The van der Waals surface area contributed by atoms with E-state index in [2.05, 4.69) is 20.6 Å². The number of esters is 1. The molecule has 0 radical (unpaired) electrons. The monoisotopic (exact) mass is 390 g/mol. The van der Waals surface area contributed by atoms with Gasteiger partial charge in [-0.2, -0.15) is 0 Å². The van der Waals surface area contributed by atoms with Crippen LogP contribution in [-0.2, 0) is 11.3 Å². The number of anilines is 2. The number of carbonyl (C=O) groups is 2. The lowest BCUT2D eigenvalue weighted by Crippen LogP contribution is -2.24. The smallest absolute Gasteiger partial charge is 0.340 e. The maximum atomic E-state index is 12.3. The van der Waals surface area contributed by atoms with Gasteiger partial charge in [0.15, 0.2) is 0 Å². The Morgan fingerprint density at radius 1 is 1.03 bits per heavy atom. The summed E-state index contributed by atoms with van der Waals surface area (Å²) in [6.45, 7) is 4.46. The quantitative estimate of drug-likeness (QED) is 0.599. The molecule has 3 rings (SSSR count). The van der Waals surface area contributed by atoms with E-state index >= 15 is 0 Å². The number of aromatic nitrogens is 2. The Balaban J connectivity index is 1.65. The second-order valence-corrected chi connectivity index (χ2v) is 6.35. The number of nitrogens with zero attached hydrogens (tertiary/aromatic N) is 2. The first kappa shape index (κ1) is 20.0. The van der Waals surface area contributed by atoms with E-state index in [-0.39, 0.29) is 11.6 Å². The zero-order valence-electron chi connectivity index (χ0n) is 16.3.